The van der Waals surface area contributed by atoms with E-state index in [1.165, 1.54) is 5.56 Å². The molecule has 0 fully saturated rings. The molecule has 3 N–H and O–H groups in total. The Bertz CT molecular complexity index is 737. The van der Waals surface area contributed by atoms with Crippen LogP contribution in [0.3, 0.4) is 0 Å². The summed E-state index contributed by atoms with van der Waals surface area (Å²) >= 11 is 0. The summed E-state index contributed by atoms with van der Waals surface area (Å²) in [5, 5.41) is 4.25. The zero-order valence-electron chi connectivity index (χ0n) is 10.6. The van der Waals surface area contributed by atoms with Crippen LogP contribution in [0.5, 0.6) is 0 Å². The van der Waals surface area contributed by atoms with E-state index >= 15 is 0 Å². The fourth-order valence-corrected chi connectivity index (χ4v) is 2.05. The highest BCUT2D eigenvalue weighted by Crippen LogP contribution is 2.24. The molecule has 0 spiro atoms. The maximum Gasteiger partial charge on any atom is 0.222 e. The van der Waals surface area contributed by atoms with Crippen LogP contribution in [0.15, 0.2) is 48.5 Å². The van der Waals surface area contributed by atoms with Crippen molar-refractivity contribution in [2.45, 2.75) is 6.92 Å². The first kappa shape index (κ1) is 11.5. The predicted octanol–water partition coefficient (Wildman–Crippen LogP) is 3.26. The fourth-order valence-electron chi connectivity index (χ4n) is 2.05. The molecule has 1 aromatic heterocycles. The molecule has 0 bridgehead atoms. The van der Waals surface area contributed by atoms with Crippen molar-refractivity contribution in [3.63, 3.8) is 0 Å². The van der Waals surface area contributed by atoms with Crippen molar-refractivity contribution in [3.8, 4) is 0 Å². The highest BCUT2D eigenvalue weighted by molar-refractivity contribution is 5.91. The van der Waals surface area contributed by atoms with Crippen LogP contribution in [-0.2, 0) is 0 Å². The van der Waals surface area contributed by atoms with Crippen LogP contribution in [0, 0.1) is 6.92 Å². The van der Waals surface area contributed by atoms with E-state index in [1.807, 2.05) is 36.4 Å². The van der Waals surface area contributed by atoms with E-state index in [4.69, 9.17) is 5.73 Å². The highest BCUT2D eigenvalue weighted by Gasteiger charge is 2.05. The minimum Gasteiger partial charge on any atom is -0.368 e. The lowest BCUT2D eigenvalue weighted by Gasteiger charge is -2.09. The van der Waals surface area contributed by atoms with Gasteiger partial charge >= 0.3 is 0 Å². The molecule has 2 aromatic carbocycles. The van der Waals surface area contributed by atoms with E-state index in [1.54, 1.807) is 0 Å². The molecule has 94 valence electrons. The first-order chi connectivity index (χ1) is 9.22. The minimum atomic E-state index is 0.272. The third kappa shape index (κ3) is 2.33. The smallest absolute Gasteiger partial charge is 0.222 e. The second-order valence-corrected chi connectivity index (χ2v) is 4.44. The van der Waals surface area contributed by atoms with Gasteiger partial charge in [-0.05, 0) is 36.8 Å². The molecule has 4 nitrogen and oxygen atoms in total. The van der Waals surface area contributed by atoms with Crippen molar-refractivity contribution in [2.75, 3.05) is 11.1 Å². The van der Waals surface area contributed by atoms with Crippen molar-refractivity contribution in [1.29, 1.82) is 0 Å². The second-order valence-electron chi connectivity index (χ2n) is 4.44. The minimum absolute atomic E-state index is 0.272. The molecule has 0 radical (unpaired) electrons. The van der Waals surface area contributed by atoms with E-state index in [-0.39, 0.29) is 5.95 Å². The number of nitrogens with zero attached hydrogens (tertiary/aromatic N) is 2. The van der Waals surface area contributed by atoms with Crippen molar-refractivity contribution in [3.05, 3.63) is 54.1 Å². The molecule has 3 rings (SSSR count). The monoisotopic (exact) mass is 250 g/mol. The van der Waals surface area contributed by atoms with Crippen molar-refractivity contribution >= 4 is 28.4 Å². The lowest BCUT2D eigenvalue weighted by atomic mass is 10.2. The van der Waals surface area contributed by atoms with Crippen molar-refractivity contribution in [2.24, 2.45) is 0 Å². The molecule has 3 aromatic rings. The lowest BCUT2D eigenvalue weighted by molar-refractivity contribution is 1.23. The van der Waals surface area contributed by atoms with Crippen LogP contribution in [0.25, 0.3) is 10.9 Å². The number of nitrogen functional groups attached to an aromatic ring is 1. The van der Waals surface area contributed by atoms with Gasteiger partial charge in [-0.2, -0.15) is 4.98 Å². The van der Waals surface area contributed by atoms with Gasteiger partial charge < -0.3 is 11.1 Å². The summed E-state index contributed by atoms with van der Waals surface area (Å²) < 4.78 is 0. The number of nitrogens with two attached hydrogens (primary N) is 1. The van der Waals surface area contributed by atoms with Gasteiger partial charge in [-0.1, -0.05) is 24.3 Å². The average molecular weight is 250 g/mol. The molecule has 0 aliphatic rings. The van der Waals surface area contributed by atoms with Crippen LogP contribution in [0.4, 0.5) is 17.5 Å². The number of hydrogen-bond acceptors (Lipinski definition) is 4. The van der Waals surface area contributed by atoms with Gasteiger partial charge in [0.25, 0.3) is 0 Å². The van der Waals surface area contributed by atoms with Gasteiger partial charge in [-0.25, -0.2) is 4.98 Å². The van der Waals surface area contributed by atoms with Crippen LogP contribution >= 0.6 is 0 Å². The molecule has 0 aliphatic heterocycles. The number of anilines is 3. The second kappa shape index (κ2) is 4.57. The van der Waals surface area contributed by atoms with Gasteiger partial charge in [0, 0.05) is 11.1 Å². The van der Waals surface area contributed by atoms with Crippen molar-refractivity contribution in [1.82, 2.24) is 9.97 Å². The van der Waals surface area contributed by atoms with Gasteiger partial charge in [-0.3, -0.25) is 0 Å². The Morgan fingerprint density at radius 1 is 1.00 bits per heavy atom. The quantitative estimate of drug-likeness (QED) is 0.732. The number of aromatic nitrogens is 2. The number of fused-ring (bicyclic) bond motifs is 1. The Morgan fingerprint density at radius 3 is 2.68 bits per heavy atom. The third-order valence-corrected chi connectivity index (χ3v) is 2.90. The van der Waals surface area contributed by atoms with E-state index in [9.17, 15) is 0 Å². The van der Waals surface area contributed by atoms with Gasteiger partial charge in [0.05, 0.1) is 5.52 Å². The summed E-state index contributed by atoms with van der Waals surface area (Å²) in [5.41, 5.74) is 8.76. The zero-order chi connectivity index (χ0) is 13.2. The normalized spacial score (nSPS) is 10.6. The Labute approximate surface area is 111 Å². The molecular formula is C15H14N4. The summed E-state index contributed by atoms with van der Waals surface area (Å²) in [4.78, 5) is 8.50. The van der Waals surface area contributed by atoms with Gasteiger partial charge in [0.15, 0.2) is 0 Å². The van der Waals surface area contributed by atoms with E-state index < -0.39 is 0 Å². The Morgan fingerprint density at radius 2 is 1.84 bits per heavy atom. The molecule has 0 aliphatic carbocycles. The number of hydrogen-bond donors (Lipinski definition) is 2. The summed E-state index contributed by atoms with van der Waals surface area (Å²) in [6, 6.07) is 15.9. The maximum absolute atomic E-state index is 5.75. The SMILES string of the molecule is Cc1cccc(Nc2nc(N)nc3ccccc23)c1. The standard InChI is InChI=1S/C15H14N4/c1-10-5-4-6-11(9-10)17-14-12-7-2-3-8-13(12)18-15(16)19-14/h2-9H,1H3,(H3,16,17,18,19). The summed E-state index contributed by atoms with van der Waals surface area (Å²) in [6.45, 7) is 2.05. The van der Waals surface area contributed by atoms with E-state index in [0.29, 0.717) is 0 Å². The summed E-state index contributed by atoms with van der Waals surface area (Å²) in [5.74, 6) is 1.00. The Kier molecular flexibility index (Phi) is 2.76. The van der Waals surface area contributed by atoms with Crippen molar-refractivity contribution < 1.29 is 0 Å². The summed E-state index contributed by atoms with van der Waals surface area (Å²) in [7, 11) is 0. The predicted molar refractivity (Wildman–Crippen MR) is 78.4 cm³/mol. The third-order valence-electron chi connectivity index (χ3n) is 2.90. The Balaban J connectivity index is 2.09. The molecule has 0 saturated carbocycles. The number of aryl methyl sites for hydroxylation is 1. The molecule has 19 heavy (non-hydrogen) atoms. The van der Waals surface area contributed by atoms with Crippen LogP contribution in [0.1, 0.15) is 5.56 Å². The number of rotatable bonds is 2. The van der Waals surface area contributed by atoms with E-state index in [0.717, 1.165) is 22.4 Å². The number of benzene rings is 2. The zero-order valence-corrected chi connectivity index (χ0v) is 10.6. The molecule has 0 saturated heterocycles. The van der Waals surface area contributed by atoms with Crippen LogP contribution < -0.4 is 11.1 Å². The fraction of sp³-hybridized carbons (Fsp3) is 0.0667. The highest BCUT2D eigenvalue weighted by atomic mass is 15.1. The number of para-hydroxylation sites is 1. The number of nitrogens with one attached hydrogen (secondary N) is 1. The van der Waals surface area contributed by atoms with Crippen LogP contribution in [0.2, 0.25) is 0 Å². The average Bonchev–Trinajstić information content (AvgIpc) is 2.38. The molecule has 0 atom stereocenters. The lowest BCUT2D eigenvalue weighted by Crippen LogP contribution is -2.01. The Hall–Kier alpha value is -2.62. The van der Waals surface area contributed by atoms with Gasteiger partial charge in [0.1, 0.15) is 5.82 Å². The first-order valence-corrected chi connectivity index (χ1v) is 6.08. The molecule has 0 amide bonds. The van der Waals surface area contributed by atoms with Gasteiger partial charge in [-0.15, -0.1) is 0 Å². The van der Waals surface area contributed by atoms with E-state index in [2.05, 4.69) is 34.3 Å². The molecule has 4 heteroatoms. The molecular weight excluding hydrogens is 236 g/mol. The summed E-state index contributed by atoms with van der Waals surface area (Å²) in [6.07, 6.45) is 0. The molecule has 0 unspecified atom stereocenters. The first-order valence-electron chi connectivity index (χ1n) is 6.08. The maximum atomic E-state index is 5.75. The topological polar surface area (TPSA) is 63.8 Å². The largest absolute Gasteiger partial charge is 0.368 e. The van der Waals surface area contributed by atoms with Crippen LogP contribution in [-0.4, -0.2) is 9.97 Å². The molecule has 1 heterocycles. The van der Waals surface area contributed by atoms with Gasteiger partial charge in [0.2, 0.25) is 5.95 Å².